The van der Waals surface area contributed by atoms with E-state index in [4.69, 9.17) is 14.3 Å². The number of aryl methyl sites for hydroxylation is 1. The van der Waals surface area contributed by atoms with Gasteiger partial charge in [0.05, 0.1) is 27.9 Å². The highest BCUT2D eigenvalue weighted by Gasteiger charge is 2.51. The minimum Gasteiger partial charge on any atom is -0.399 e. The summed E-state index contributed by atoms with van der Waals surface area (Å²) in [5.41, 5.74) is 6.74. The Morgan fingerprint density at radius 3 is 2.26 bits per heavy atom. The summed E-state index contributed by atoms with van der Waals surface area (Å²) < 4.78 is 14.7. The van der Waals surface area contributed by atoms with Crippen molar-refractivity contribution in [3.63, 3.8) is 0 Å². The molecule has 4 nitrogen and oxygen atoms in total. The molecule has 5 rings (SSSR count). The minimum absolute atomic E-state index is 0.370. The van der Waals surface area contributed by atoms with Crippen LogP contribution in [-0.2, 0) is 9.31 Å². The molecule has 1 saturated heterocycles. The number of hydrogen-bond donors (Lipinski definition) is 0. The molecule has 0 amide bonds. The highest BCUT2D eigenvalue weighted by atomic mass is 16.7. The fraction of sp³-hybridized carbons (Fsp3) is 0.233. The quantitative estimate of drug-likeness (QED) is 0.251. The summed E-state index contributed by atoms with van der Waals surface area (Å²) in [5.74, 6) is 0.894. The van der Waals surface area contributed by atoms with E-state index >= 15 is 0 Å². The maximum Gasteiger partial charge on any atom is 0.494 e. The second-order valence-electron chi connectivity index (χ2n) is 10.1. The lowest BCUT2D eigenvalue weighted by molar-refractivity contribution is 0.00578. The lowest BCUT2D eigenvalue weighted by atomic mass is 9.79. The average molecular weight is 462 g/mol. The van der Waals surface area contributed by atoms with Gasteiger partial charge in [0.1, 0.15) is 5.82 Å². The van der Waals surface area contributed by atoms with Gasteiger partial charge in [-0.25, -0.2) is 4.98 Å². The maximum absolute atomic E-state index is 6.24. The summed E-state index contributed by atoms with van der Waals surface area (Å²) in [7, 11) is -0.389. The molecule has 1 aliphatic heterocycles. The molecule has 5 heteroatoms. The summed E-state index contributed by atoms with van der Waals surface area (Å²) in [6.07, 6.45) is 5.89. The molecule has 176 valence electrons. The fourth-order valence-corrected chi connectivity index (χ4v) is 4.47. The number of imidazole rings is 1. The Morgan fingerprint density at radius 1 is 0.886 bits per heavy atom. The van der Waals surface area contributed by atoms with Crippen molar-refractivity contribution < 1.29 is 9.31 Å². The molecule has 1 aromatic heterocycles. The van der Waals surface area contributed by atoms with Crippen LogP contribution < -0.4 is 5.46 Å². The molecule has 0 N–H and O–H groups in total. The molecule has 0 spiro atoms. The van der Waals surface area contributed by atoms with Gasteiger partial charge in [-0.15, -0.1) is 0 Å². The molecule has 0 saturated carbocycles. The van der Waals surface area contributed by atoms with Crippen LogP contribution in [0.15, 0.2) is 85.5 Å². The Morgan fingerprint density at radius 2 is 1.57 bits per heavy atom. The number of nitrogens with zero attached hydrogens (tertiary/aromatic N) is 2. The number of allylic oxidation sites excluding steroid dienone is 2. The van der Waals surface area contributed by atoms with Crippen molar-refractivity contribution >= 4 is 29.7 Å². The maximum atomic E-state index is 6.24. The van der Waals surface area contributed by atoms with Crippen molar-refractivity contribution in [2.45, 2.75) is 45.8 Å². The van der Waals surface area contributed by atoms with Gasteiger partial charge in [-0.1, -0.05) is 73.3 Å². The first-order chi connectivity index (χ1) is 16.7. The fourth-order valence-electron chi connectivity index (χ4n) is 4.47. The topological polar surface area (TPSA) is 36.3 Å². The smallest absolute Gasteiger partial charge is 0.399 e. The molecule has 0 bridgehead atoms. The second-order valence-corrected chi connectivity index (χ2v) is 10.1. The Kier molecular flexibility index (Phi) is 5.78. The molecule has 0 aliphatic carbocycles. The van der Waals surface area contributed by atoms with Gasteiger partial charge in [-0.05, 0) is 63.8 Å². The number of hydrogen-bond acceptors (Lipinski definition) is 3. The van der Waals surface area contributed by atoms with Crippen LogP contribution in [0.2, 0.25) is 0 Å². The molecular weight excluding hydrogens is 431 g/mol. The number of para-hydroxylation sites is 2. The monoisotopic (exact) mass is 462 g/mol. The van der Waals surface area contributed by atoms with E-state index in [0.717, 1.165) is 39.1 Å². The van der Waals surface area contributed by atoms with Crippen molar-refractivity contribution in [2.24, 2.45) is 0 Å². The number of fused-ring (bicyclic) bond motifs is 1. The van der Waals surface area contributed by atoms with Gasteiger partial charge in [0.15, 0.2) is 0 Å². The largest absolute Gasteiger partial charge is 0.494 e. The van der Waals surface area contributed by atoms with Crippen LogP contribution >= 0.6 is 0 Å². The van der Waals surface area contributed by atoms with E-state index in [9.17, 15) is 0 Å². The molecule has 2 heterocycles. The van der Waals surface area contributed by atoms with Gasteiger partial charge >= 0.3 is 7.12 Å². The first-order valence-electron chi connectivity index (χ1n) is 12.0. The van der Waals surface area contributed by atoms with E-state index in [2.05, 4.69) is 113 Å². The third-order valence-electron chi connectivity index (χ3n) is 7.20. The molecule has 1 fully saturated rings. The van der Waals surface area contributed by atoms with Crippen molar-refractivity contribution in [1.82, 2.24) is 9.55 Å². The van der Waals surface area contributed by atoms with E-state index in [1.54, 1.807) is 6.08 Å². The molecular formula is C30H31BN2O2. The summed E-state index contributed by atoms with van der Waals surface area (Å²) in [4.78, 5) is 5.04. The Bertz CT molecular complexity index is 1410. The van der Waals surface area contributed by atoms with E-state index < -0.39 is 0 Å². The van der Waals surface area contributed by atoms with Crippen LogP contribution in [0.1, 0.15) is 38.8 Å². The summed E-state index contributed by atoms with van der Waals surface area (Å²) in [5, 5.41) is 0. The van der Waals surface area contributed by atoms with Gasteiger partial charge in [0.25, 0.3) is 0 Å². The van der Waals surface area contributed by atoms with Crippen molar-refractivity contribution in [3.05, 3.63) is 96.6 Å². The summed E-state index contributed by atoms with van der Waals surface area (Å²) >= 11 is 0. The van der Waals surface area contributed by atoms with E-state index in [1.807, 2.05) is 12.1 Å². The van der Waals surface area contributed by atoms with Gasteiger partial charge in [0.2, 0.25) is 0 Å². The van der Waals surface area contributed by atoms with Crippen LogP contribution in [0, 0.1) is 6.92 Å². The third-order valence-corrected chi connectivity index (χ3v) is 7.20. The molecule has 35 heavy (non-hydrogen) atoms. The van der Waals surface area contributed by atoms with Crippen molar-refractivity contribution in [3.8, 4) is 17.1 Å². The van der Waals surface area contributed by atoms with E-state index in [0.29, 0.717) is 0 Å². The van der Waals surface area contributed by atoms with Crippen LogP contribution in [0.5, 0.6) is 0 Å². The minimum atomic E-state index is -0.389. The Balaban J connectivity index is 1.62. The van der Waals surface area contributed by atoms with E-state index in [1.165, 1.54) is 5.56 Å². The van der Waals surface area contributed by atoms with Gasteiger partial charge in [-0.3, -0.25) is 4.57 Å². The first kappa shape index (κ1) is 23.3. The molecule has 3 aromatic carbocycles. The predicted molar refractivity (Wildman–Crippen MR) is 146 cm³/mol. The number of rotatable bonds is 5. The van der Waals surface area contributed by atoms with Crippen LogP contribution in [-0.4, -0.2) is 27.9 Å². The molecule has 1 aliphatic rings. The zero-order valence-electron chi connectivity index (χ0n) is 21.1. The average Bonchev–Trinajstić information content (AvgIpc) is 3.32. The molecule has 4 aromatic rings. The third kappa shape index (κ3) is 4.05. The number of benzene rings is 3. The highest BCUT2D eigenvalue weighted by molar-refractivity contribution is 6.62. The van der Waals surface area contributed by atoms with Gasteiger partial charge < -0.3 is 9.31 Å². The van der Waals surface area contributed by atoms with Gasteiger partial charge in [0, 0.05) is 11.1 Å². The van der Waals surface area contributed by atoms with Crippen molar-refractivity contribution in [2.75, 3.05) is 0 Å². The molecule has 0 unspecified atom stereocenters. The Labute approximate surface area is 208 Å². The van der Waals surface area contributed by atoms with E-state index in [-0.39, 0.29) is 18.3 Å². The lowest BCUT2D eigenvalue weighted by Gasteiger charge is -2.32. The van der Waals surface area contributed by atoms with Gasteiger partial charge in [-0.2, -0.15) is 0 Å². The standard InChI is InChI=1S/C30H31BN2O2/c1-7-8-13-24-21(2)12-11-16-26(24)33-27-15-10-9-14-25(27)32-28(33)22-17-19-23(20-18-22)31-34-29(3,4)30(5,6)35-31/h7-20H,1H2,2-6H3/b13-8-. The SMILES string of the molecule is C=C/C=C\c1c(C)cccc1-n1c(-c2ccc(B3OC(C)(C)C(C)(C)O3)cc2)nc2ccccc21. The Hall–Kier alpha value is -3.41. The first-order valence-corrected chi connectivity index (χ1v) is 12.0. The van der Waals surface area contributed by atoms with Crippen LogP contribution in [0.3, 0.4) is 0 Å². The number of aromatic nitrogens is 2. The zero-order chi connectivity index (χ0) is 24.8. The van der Waals surface area contributed by atoms with Crippen LogP contribution in [0.25, 0.3) is 34.2 Å². The summed E-state index contributed by atoms with van der Waals surface area (Å²) in [6, 6.07) is 23.0. The molecule has 0 radical (unpaired) electrons. The molecule has 0 atom stereocenters. The highest BCUT2D eigenvalue weighted by Crippen LogP contribution is 2.37. The normalized spacial score (nSPS) is 16.9. The summed E-state index contributed by atoms with van der Waals surface area (Å²) in [6.45, 7) is 14.3. The lowest BCUT2D eigenvalue weighted by Crippen LogP contribution is -2.41. The zero-order valence-corrected chi connectivity index (χ0v) is 21.1. The van der Waals surface area contributed by atoms with Crippen molar-refractivity contribution in [1.29, 1.82) is 0 Å². The van der Waals surface area contributed by atoms with Crippen LogP contribution in [0.4, 0.5) is 0 Å². The predicted octanol–water partition coefficient (Wildman–Crippen LogP) is 6.50. The second kappa shape index (κ2) is 8.67.